The number of nitrogens with zero attached hydrogens (tertiary/aromatic N) is 1. The van der Waals surface area contributed by atoms with Crippen LogP contribution in [-0.4, -0.2) is 4.98 Å². The molecular weight excluding hydrogens is 210 g/mol. The van der Waals surface area contributed by atoms with Crippen LogP contribution in [-0.2, 0) is 6.54 Å². The zero-order valence-electron chi connectivity index (χ0n) is 9.43. The van der Waals surface area contributed by atoms with E-state index in [1.165, 1.54) is 5.56 Å². The molecule has 0 amide bonds. The summed E-state index contributed by atoms with van der Waals surface area (Å²) < 4.78 is 2.09. The van der Waals surface area contributed by atoms with Crippen LogP contribution in [0.5, 0.6) is 0 Å². The summed E-state index contributed by atoms with van der Waals surface area (Å²) in [5.41, 5.74) is 9.46. The van der Waals surface area contributed by atoms with Gasteiger partial charge in [-0.15, -0.1) is 0 Å². The van der Waals surface area contributed by atoms with Gasteiger partial charge in [0, 0.05) is 0 Å². The first-order valence-corrected chi connectivity index (χ1v) is 5.64. The molecule has 0 atom stereocenters. The minimum absolute atomic E-state index is 0.690. The van der Waals surface area contributed by atoms with E-state index in [0.717, 1.165) is 17.6 Å². The molecule has 17 heavy (non-hydrogen) atoms. The molecule has 0 unspecified atom stereocenters. The second-order valence-electron chi connectivity index (χ2n) is 4.10. The third-order valence-electron chi connectivity index (χ3n) is 2.93. The quantitative estimate of drug-likeness (QED) is 0.643. The molecule has 3 heteroatoms. The molecule has 1 heterocycles. The third-order valence-corrected chi connectivity index (χ3v) is 2.93. The monoisotopic (exact) mass is 224 g/mol. The second-order valence-corrected chi connectivity index (χ2v) is 4.10. The van der Waals surface area contributed by atoms with Crippen LogP contribution < -0.4 is 10.3 Å². The molecule has 0 spiro atoms. The first-order valence-electron chi connectivity index (χ1n) is 5.64. The summed E-state index contributed by atoms with van der Waals surface area (Å²) in [6.45, 7) is 0.788. The number of nitrogen functional groups attached to an aromatic ring is 1. The molecule has 0 aliphatic carbocycles. The Bertz CT molecular complexity index is 641. The smallest absolute Gasteiger partial charge is 0.290 e. The molecule has 3 rings (SSSR count). The van der Waals surface area contributed by atoms with E-state index in [9.17, 15) is 0 Å². The lowest BCUT2D eigenvalue weighted by atomic mass is 10.2. The Labute approximate surface area is 99.5 Å². The molecule has 1 aromatic heterocycles. The highest BCUT2D eigenvalue weighted by atomic mass is 15.1. The maximum atomic E-state index is 6.01. The van der Waals surface area contributed by atoms with Crippen LogP contribution >= 0.6 is 0 Å². The lowest BCUT2D eigenvalue weighted by molar-refractivity contribution is -0.647. The highest BCUT2D eigenvalue weighted by molar-refractivity contribution is 5.72. The maximum absolute atomic E-state index is 6.01. The summed E-state index contributed by atoms with van der Waals surface area (Å²) in [6, 6.07) is 18.5. The van der Waals surface area contributed by atoms with Crippen LogP contribution in [0.25, 0.3) is 11.0 Å². The van der Waals surface area contributed by atoms with Gasteiger partial charge < -0.3 is 0 Å². The zero-order valence-corrected chi connectivity index (χ0v) is 9.43. The fourth-order valence-corrected chi connectivity index (χ4v) is 2.09. The molecule has 0 saturated carbocycles. The van der Waals surface area contributed by atoms with Crippen molar-refractivity contribution in [3.8, 4) is 0 Å². The Kier molecular flexibility index (Phi) is 2.29. The van der Waals surface area contributed by atoms with E-state index < -0.39 is 0 Å². The third kappa shape index (κ3) is 1.76. The molecule has 84 valence electrons. The van der Waals surface area contributed by atoms with E-state index >= 15 is 0 Å². The number of nitrogens with two attached hydrogens (primary N) is 1. The normalized spacial score (nSPS) is 10.8. The van der Waals surface area contributed by atoms with Gasteiger partial charge in [0.2, 0.25) is 0 Å². The minimum atomic E-state index is 0.690. The Hall–Kier alpha value is -2.29. The van der Waals surface area contributed by atoms with Crippen molar-refractivity contribution in [1.82, 2.24) is 4.98 Å². The van der Waals surface area contributed by atoms with E-state index in [-0.39, 0.29) is 0 Å². The van der Waals surface area contributed by atoms with Crippen LogP contribution in [0.2, 0.25) is 0 Å². The van der Waals surface area contributed by atoms with Gasteiger partial charge in [-0.05, 0) is 17.7 Å². The second kappa shape index (κ2) is 3.94. The Morgan fingerprint density at radius 3 is 2.47 bits per heavy atom. The van der Waals surface area contributed by atoms with E-state index in [0.29, 0.717) is 5.95 Å². The van der Waals surface area contributed by atoms with Crippen molar-refractivity contribution in [2.75, 3.05) is 5.73 Å². The van der Waals surface area contributed by atoms with Gasteiger partial charge in [-0.25, -0.2) is 9.55 Å². The first kappa shape index (κ1) is 9.90. The molecule has 2 aromatic carbocycles. The molecule has 3 aromatic rings. The van der Waals surface area contributed by atoms with Gasteiger partial charge in [0.15, 0.2) is 0 Å². The number of imidazole rings is 1. The van der Waals surface area contributed by atoms with Crippen molar-refractivity contribution in [3.63, 3.8) is 0 Å². The molecule has 0 radical (unpaired) electrons. The Morgan fingerprint density at radius 1 is 0.941 bits per heavy atom. The number of aromatic amines is 1. The number of nitrogens with one attached hydrogen (secondary N) is 1. The lowest BCUT2D eigenvalue weighted by Crippen LogP contribution is -2.36. The number of anilines is 1. The fraction of sp³-hybridized carbons (Fsp3) is 0.0714. The summed E-state index contributed by atoms with van der Waals surface area (Å²) in [4.78, 5) is 3.19. The average molecular weight is 224 g/mol. The van der Waals surface area contributed by atoms with Gasteiger partial charge in [-0.1, -0.05) is 42.5 Å². The van der Waals surface area contributed by atoms with E-state index in [2.05, 4.69) is 27.8 Å². The molecule has 0 aliphatic rings. The number of benzene rings is 2. The predicted octanol–water partition coefficient (Wildman–Crippen LogP) is 2.09. The standard InChI is InChI=1S/C14H13N3/c15-14-16-12-8-4-5-9-13(12)17(14)10-11-6-2-1-3-7-11/h1-9H,10H2,(H2,15,16)/p+1. The number of fused-ring (bicyclic) bond motifs is 1. The van der Waals surface area contributed by atoms with E-state index in [4.69, 9.17) is 5.73 Å². The van der Waals surface area contributed by atoms with Crippen molar-refractivity contribution in [1.29, 1.82) is 0 Å². The van der Waals surface area contributed by atoms with Gasteiger partial charge in [-0.2, -0.15) is 0 Å². The van der Waals surface area contributed by atoms with Crippen molar-refractivity contribution >= 4 is 17.0 Å². The molecular formula is C14H14N3+. The van der Waals surface area contributed by atoms with Gasteiger partial charge in [0.1, 0.15) is 11.0 Å². The molecule has 0 saturated heterocycles. The molecule has 3 N–H and O–H groups in total. The first-order chi connectivity index (χ1) is 8.34. The minimum Gasteiger partial charge on any atom is -0.290 e. The average Bonchev–Trinajstić information content (AvgIpc) is 2.68. The van der Waals surface area contributed by atoms with E-state index in [1.807, 2.05) is 36.4 Å². The van der Waals surface area contributed by atoms with Gasteiger partial charge in [-0.3, -0.25) is 5.73 Å². The van der Waals surface area contributed by atoms with Crippen molar-refractivity contribution < 1.29 is 4.57 Å². The van der Waals surface area contributed by atoms with Crippen LogP contribution in [0.3, 0.4) is 0 Å². The molecule has 3 nitrogen and oxygen atoms in total. The van der Waals surface area contributed by atoms with Crippen LogP contribution in [0, 0.1) is 0 Å². The maximum Gasteiger partial charge on any atom is 0.353 e. The van der Waals surface area contributed by atoms with Crippen molar-refractivity contribution in [2.24, 2.45) is 0 Å². The van der Waals surface area contributed by atoms with Gasteiger partial charge in [0.25, 0.3) is 0 Å². The SMILES string of the molecule is Nc1[nH]c2ccccc2[n+]1Cc1ccccc1. The summed E-state index contributed by atoms with van der Waals surface area (Å²) in [6.07, 6.45) is 0. The number of hydrogen-bond donors (Lipinski definition) is 2. The summed E-state index contributed by atoms with van der Waals surface area (Å²) in [5, 5.41) is 0. The number of para-hydroxylation sites is 2. The van der Waals surface area contributed by atoms with Gasteiger partial charge >= 0.3 is 5.95 Å². The zero-order chi connectivity index (χ0) is 11.7. The Morgan fingerprint density at radius 2 is 1.65 bits per heavy atom. The molecule has 0 bridgehead atoms. The topological polar surface area (TPSA) is 45.7 Å². The highest BCUT2D eigenvalue weighted by Crippen LogP contribution is 2.11. The Balaban J connectivity index is 2.08. The number of aromatic nitrogens is 2. The summed E-state index contributed by atoms with van der Waals surface area (Å²) in [7, 11) is 0. The summed E-state index contributed by atoms with van der Waals surface area (Å²) in [5.74, 6) is 0.690. The fourth-order valence-electron chi connectivity index (χ4n) is 2.09. The van der Waals surface area contributed by atoms with E-state index in [1.54, 1.807) is 0 Å². The lowest BCUT2D eigenvalue weighted by Gasteiger charge is -2.00. The largest absolute Gasteiger partial charge is 0.353 e. The van der Waals surface area contributed by atoms with Crippen molar-refractivity contribution in [2.45, 2.75) is 6.54 Å². The van der Waals surface area contributed by atoms with Crippen molar-refractivity contribution in [3.05, 3.63) is 60.2 Å². The molecule has 0 fully saturated rings. The van der Waals surface area contributed by atoms with Crippen LogP contribution in [0.15, 0.2) is 54.6 Å². The van der Waals surface area contributed by atoms with Crippen LogP contribution in [0.4, 0.5) is 5.95 Å². The number of rotatable bonds is 2. The summed E-state index contributed by atoms with van der Waals surface area (Å²) >= 11 is 0. The number of hydrogen-bond acceptors (Lipinski definition) is 1. The van der Waals surface area contributed by atoms with Crippen LogP contribution in [0.1, 0.15) is 5.56 Å². The predicted molar refractivity (Wildman–Crippen MR) is 68.5 cm³/mol. The highest BCUT2D eigenvalue weighted by Gasteiger charge is 2.13. The van der Waals surface area contributed by atoms with Gasteiger partial charge in [0.05, 0.1) is 6.54 Å². The number of H-pyrrole nitrogens is 1. The molecule has 0 aliphatic heterocycles.